The Morgan fingerprint density at radius 1 is 1.24 bits per heavy atom. The average molecular weight is 421 g/mol. The first-order valence-electron chi connectivity index (χ1n) is 9.67. The molecule has 0 saturated carbocycles. The van der Waals surface area contributed by atoms with Crippen LogP contribution in [-0.2, 0) is 21.4 Å². The number of amides is 2. The maximum absolute atomic E-state index is 12.3. The van der Waals surface area contributed by atoms with Gasteiger partial charge in [-0.2, -0.15) is 5.10 Å². The van der Waals surface area contributed by atoms with E-state index in [9.17, 15) is 14.4 Å². The molecule has 156 valence electrons. The number of aryl methyl sites for hydroxylation is 1. The summed E-state index contributed by atoms with van der Waals surface area (Å²) < 4.78 is 1.80. The van der Waals surface area contributed by atoms with Gasteiger partial charge in [0.15, 0.2) is 0 Å². The minimum Gasteiger partial charge on any atom is -0.480 e. The van der Waals surface area contributed by atoms with E-state index in [1.807, 2.05) is 18.0 Å². The van der Waals surface area contributed by atoms with Crippen LogP contribution >= 0.6 is 12.4 Å². The highest BCUT2D eigenvalue weighted by molar-refractivity contribution is 6.02. The number of rotatable bonds is 4. The van der Waals surface area contributed by atoms with Crippen molar-refractivity contribution in [1.29, 1.82) is 0 Å². The zero-order valence-electron chi connectivity index (χ0n) is 16.3. The molecule has 2 amide bonds. The molecule has 1 aromatic carbocycles. The van der Waals surface area contributed by atoms with Crippen molar-refractivity contribution in [2.75, 3.05) is 19.6 Å². The molecular weight excluding hydrogens is 396 g/mol. The van der Waals surface area contributed by atoms with Gasteiger partial charge in [0.1, 0.15) is 0 Å². The lowest BCUT2D eigenvalue weighted by Crippen LogP contribution is -2.39. The Labute approximate surface area is 174 Å². The van der Waals surface area contributed by atoms with Gasteiger partial charge in [-0.15, -0.1) is 12.4 Å². The van der Waals surface area contributed by atoms with Gasteiger partial charge in [0.25, 0.3) is 0 Å². The van der Waals surface area contributed by atoms with Gasteiger partial charge in [-0.3, -0.25) is 29.3 Å². The number of benzene rings is 1. The second-order valence-corrected chi connectivity index (χ2v) is 7.73. The molecule has 2 N–H and O–H groups in total. The van der Waals surface area contributed by atoms with Gasteiger partial charge >= 0.3 is 5.97 Å². The number of piperidine rings is 2. The third kappa shape index (κ3) is 4.28. The number of aliphatic carboxylic acids is 1. The van der Waals surface area contributed by atoms with Gasteiger partial charge in [0, 0.05) is 18.9 Å². The van der Waals surface area contributed by atoms with Crippen molar-refractivity contribution in [2.45, 2.75) is 37.5 Å². The van der Waals surface area contributed by atoms with E-state index < -0.39 is 11.9 Å². The standard InChI is InChI=1S/C20H24N4O4.ClH/c1-23-16-10-13(12-6-8-24(9-7-12)11-18(26)27)2-3-14(16)19(22-23)15-4-5-17(25)21-20(15)28;/h2-3,10,12,15H,4-9,11H2,1H3,(H,26,27)(H,21,25,28);1H. The van der Waals surface area contributed by atoms with E-state index in [1.165, 1.54) is 5.56 Å². The van der Waals surface area contributed by atoms with E-state index in [4.69, 9.17) is 5.11 Å². The summed E-state index contributed by atoms with van der Waals surface area (Å²) in [5, 5.41) is 16.9. The second kappa shape index (κ2) is 8.51. The third-order valence-electron chi connectivity index (χ3n) is 5.89. The minimum atomic E-state index is -0.782. The number of fused-ring (bicyclic) bond motifs is 1. The minimum absolute atomic E-state index is 0. The number of nitrogens with zero attached hydrogens (tertiary/aromatic N) is 3. The SMILES string of the molecule is Cl.Cn1nc(C2CCC(=O)NC2=O)c2ccc(C3CCN(CC(=O)O)CC3)cc21. The molecule has 2 aliphatic rings. The van der Waals surface area contributed by atoms with E-state index in [-0.39, 0.29) is 30.8 Å². The lowest BCUT2D eigenvalue weighted by atomic mass is 9.88. The summed E-state index contributed by atoms with van der Waals surface area (Å²) in [6.45, 7) is 1.66. The summed E-state index contributed by atoms with van der Waals surface area (Å²) in [5.74, 6) is -1.28. The number of carbonyl (C=O) groups is 3. The third-order valence-corrected chi connectivity index (χ3v) is 5.89. The number of likely N-dealkylation sites (tertiary alicyclic amines) is 1. The summed E-state index contributed by atoms with van der Waals surface area (Å²) in [6, 6.07) is 6.26. The van der Waals surface area contributed by atoms with Crippen molar-refractivity contribution < 1.29 is 19.5 Å². The summed E-state index contributed by atoms with van der Waals surface area (Å²) in [7, 11) is 1.87. The molecule has 0 radical (unpaired) electrons. The number of hydrogen-bond acceptors (Lipinski definition) is 5. The van der Waals surface area contributed by atoms with Crippen LogP contribution in [0.3, 0.4) is 0 Å². The zero-order valence-corrected chi connectivity index (χ0v) is 17.1. The van der Waals surface area contributed by atoms with Gasteiger partial charge in [-0.1, -0.05) is 12.1 Å². The Kier molecular flexibility index (Phi) is 6.24. The topological polar surface area (TPSA) is 105 Å². The normalized spacial score (nSPS) is 21.1. The fourth-order valence-corrected chi connectivity index (χ4v) is 4.38. The fraction of sp³-hybridized carbons (Fsp3) is 0.500. The van der Waals surface area contributed by atoms with Gasteiger partial charge in [0.2, 0.25) is 11.8 Å². The average Bonchev–Trinajstić information content (AvgIpc) is 2.98. The molecule has 4 rings (SSSR count). The van der Waals surface area contributed by atoms with Crippen molar-refractivity contribution in [3.05, 3.63) is 29.5 Å². The molecular formula is C20H25ClN4O4. The molecule has 1 atom stereocenters. The van der Waals surface area contributed by atoms with E-state index in [0.29, 0.717) is 18.8 Å². The Morgan fingerprint density at radius 2 is 1.97 bits per heavy atom. The number of nitrogens with one attached hydrogen (secondary N) is 1. The van der Waals surface area contributed by atoms with Crippen molar-refractivity contribution in [3.8, 4) is 0 Å². The Morgan fingerprint density at radius 3 is 2.62 bits per heavy atom. The summed E-state index contributed by atoms with van der Waals surface area (Å²) >= 11 is 0. The van der Waals surface area contributed by atoms with Crippen LogP contribution in [0.4, 0.5) is 0 Å². The summed E-state index contributed by atoms with van der Waals surface area (Å²) in [4.78, 5) is 36.5. The number of imide groups is 1. The van der Waals surface area contributed by atoms with Gasteiger partial charge in [0.05, 0.1) is 23.7 Å². The summed E-state index contributed by atoms with van der Waals surface area (Å²) in [5.41, 5.74) is 2.93. The van der Waals surface area contributed by atoms with Crippen molar-refractivity contribution in [2.24, 2.45) is 7.05 Å². The molecule has 2 saturated heterocycles. The number of carboxylic acid groups (broad SMARTS) is 1. The molecule has 2 aliphatic heterocycles. The number of hydrogen-bond donors (Lipinski definition) is 2. The quantitative estimate of drug-likeness (QED) is 0.730. The first kappa shape index (κ1) is 21.3. The number of halogens is 1. The maximum atomic E-state index is 12.3. The Hall–Kier alpha value is -2.45. The molecule has 9 heteroatoms. The highest BCUT2D eigenvalue weighted by Gasteiger charge is 2.32. The number of carboxylic acids is 1. The fourth-order valence-electron chi connectivity index (χ4n) is 4.38. The monoisotopic (exact) mass is 420 g/mol. The van der Waals surface area contributed by atoms with E-state index >= 15 is 0 Å². The first-order valence-corrected chi connectivity index (χ1v) is 9.67. The lowest BCUT2D eigenvalue weighted by molar-refractivity contribution is -0.138. The van der Waals surface area contributed by atoms with Crippen LogP contribution in [-0.4, -0.2) is 57.2 Å². The van der Waals surface area contributed by atoms with Gasteiger partial charge in [-0.25, -0.2) is 0 Å². The van der Waals surface area contributed by atoms with Crippen LogP contribution in [0.1, 0.15) is 48.8 Å². The van der Waals surface area contributed by atoms with Gasteiger partial charge < -0.3 is 5.11 Å². The van der Waals surface area contributed by atoms with Crippen LogP contribution in [0.2, 0.25) is 0 Å². The molecule has 0 aliphatic carbocycles. The van der Waals surface area contributed by atoms with E-state index in [0.717, 1.165) is 42.5 Å². The first-order chi connectivity index (χ1) is 13.4. The van der Waals surface area contributed by atoms with Crippen LogP contribution in [0.5, 0.6) is 0 Å². The van der Waals surface area contributed by atoms with Crippen LogP contribution in [0.25, 0.3) is 10.9 Å². The lowest BCUT2D eigenvalue weighted by Gasteiger charge is -2.31. The van der Waals surface area contributed by atoms with E-state index in [2.05, 4.69) is 22.5 Å². The molecule has 29 heavy (non-hydrogen) atoms. The highest BCUT2D eigenvalue weighted by Crippen LogP contribution is 2.34. The molecule has 0 spiro atoms. The zero-order chi connectivity index (χ0) is 19.8. The molecule has 2 aromatic rings. The smallest absolute Gasteiger partial charge is 0.317 e. The molecule has 1 unspecified atom stereocenters. The molecule has 3 heterocycles. The van der Waals surface area contributed by atoms with Crippen LogP contribution in [0, 0.1) is 0 Å². The highest BCUT2D eigenvalue weighted by atomic mass is 35.5. The van der Waals surface area contributed by atoms with Crippen molar-refractivity contribution in [3.63, 3.8) is 0 Å². The second-order valence-electron chi connectivity index (χ2n) is 7.73. The Balaban J connectivity index is 0.00000240. The molecule has 0 bridgehead atoms. The Bertz CT molecular complexity index is 949. The number of carbonyl (C=O) groups excluding carboxylic acids is 2. The van der Waals surface area contributed by atoms with Crippen LogP contribution in [0.15, 0.2) is 18.2 Å². The molecule has 8 nitrogen and oxygen atoms in total. The molecule has 2 fully saturated rings. The molecule has 1 aromatic heterocycles. The maximum Gasteiger partial charge on any atom is 0.317 e. The van der Waals surface area contributed by atoms with Crippen LogP contribution < -0.4 is 5.32 Å². The van der Waals surface area contributed by atoms with Crippen molar-refractivity contribution in [1.82, 2.24) is 20.0 Å². The number of aromatic nitrogens is 2. The van der Waals surface area contributed by atoms with Gasteiger partial charge in [-0.05, 0) is 49.9 Å². The predicted octanol–water partition coefficient (Wildman–Crippen LogP) is 1.78. The summed E-state index contributed by atoms with van der Waals surface area (Å²) in [6.07, 6.45) is 2.68. The predicted molar refractivity (Wildman–Crippen MR) is 109 cm³/mol. The largest absolute Gasteiger partial charge is 0.480 e. The van der Waals surface area contributed by atoms with Crippen molar-refractivity contribution >= 4 is 41.1 Å². The van der Waals surface area contributed by atoms with E-state index in [1.54, 1.807) is 4.68 Å².